The lowest BCUT2D eigenvalue weighted by Crippen LogP contribution is -2.29. The Morgan fingerprint density at radius 1 is 1.17 bits per heavy atom. The van der Waals surface area contributed by atoms with Crippen molar-refractivity contribution in [1.29, 1.82) is 0 Å². The molecule has 0 bridgehead atoms. The highest BCUT2D eigenvalue weighted by Crippen LogP contribution is 2.39. The van der Waals surface area contributed by atoms with Gasteiger partial charge in [-0.15, -0.1) is 0 Å². The number of methoxy groups -OCH3 is 1. The molecule has 3 rings (SSSR count). The van der Waals surface area contributed by atoms with Crippen molar-refractivity contribution in [2.75, 3.05) is 13.7 Å². The first-order valence-electron chi connectivity index (χ1n) is 7.81. The van der Waals surface area contributed by atoms with Crippen LogP contribution in [0.15, 0.2) is 54.6 Å². The standard InChI is InChI=1S/C19H21NO3/c1-23-17-9-5-8-15(10-17)19-16(13-21)11-18(22)20(19)12-14-6-3-2-4-7-14/h2-10,16,19,21H,11-13H2,1H3. The van der Waals surface area contributed by atoms with Crippen LogP contribution in [0.25, 0.3) is 0 Å². The number of carbonyl (C=O) groups excluding carboxylic acids is 1. The molecule has 1 N–H and O–H groups in total. The van der Waals surface area contributed by atoms with Gasteiger partial charge in [0.2, 0.25) is 5.91 Å². The van der Waals surface area contributed by atoms with Crippen LogP contribution < -0.4 is 4.74 Å². The lowest BCUT2D eigenvalue weighted by molar-refractivity contribution is -0.129. The van der Waals surface area contributed by atoms with Crippen LogP contribution in [0, 0.1) is 5.92 Å². The lowest BCUT2D eigenvalue weighted by atomic mass is 9.94. The second kappa shape index (κ2) is 6.84. The van der Waals surface area contributed by atoms with Gasteiger partial charge in [-0.2, -0.15) is 0 Å². The van der Waals surface area contributed by atoms with Crippen molar-refractivity contribution in [2.45, 2.75) is 19.0 Å². The first-order valence-corrected chi connectivity index (χ1v) is 7.81. The molecule has 2 aromatic rings. The molecule has 0 spiro atoms. The maximum absolute atomic E-state index is 12.5. The minimum Gasteiger partial charge on any atom is -0.497 e. The number of benzene rings is 2. The fourth-order valence-corrected chi connectivity index (χ4v) is 3.27. The number of rotatable bonds is 5. The van der Waals surface area contributed by atoms with Crippen molar-refractivity contribution in [2.24, 2.45) is 5.92 Å². The van der Waals surface area contributed by atoms with Crippen LogP contribution in [0.4, 0.5) is 0 Å². The van der Waals surface area contributed by atoms with Crippen LogP contribution in [0.5, 0.6) is 5.75 Å². The zero-order chi connectivity index (χ0) is 16.2. The fourth-order valence-electron chi connectivity index (χ4n) is 3.27. The van der Waals surface area contributed by atoms with Gasteiger partial charge < -0.3 is 14.7 Å². The first kappa shape index (κ1) is 15.6. The molecule has 4 nitrogen and oxygen atoms in total. The molecule has 4 heteroatoms. The number of ether oxygens (including phenoxy) is 1. The van der Waals surface area contributed by atoms with Crippen LogP contribution in [-0.2, 0) is 11.3 Å². The molecule has 1 aliphatic rings. The van der Waals surface area contributed by atoms with Gasteiger partial charge in [0.1, 0.15) is 5.75 Å². The molecule has 120 valence electrons. The summed E-state index contributed by atoms with van der Waals surface area (Å²) in [5, 5.41) is 9.72. The van der Waals surface area contributed by atoms with Crippen molar-refractivity contribution in [1.82, 2.24) is 4.90 Å². The molecule has 0 aliphatic carbocycles. The second-order valence-electron chi connectivity index (χ2n) is 5.88. The van der Waals surface area contributed by atoms with E-state index in [1.807, 2.05) is 59.5 Å². The average molecular weight is 311 g/mol. The van der Waals surface area contributed by atoms with E-state index in [1.54, 1.807) is 7.11 Å². The molecule has 1 heterocycles. The van der Waals surface area contributed by atoms with Gasteiger partial charge >= 0.3 is 0 Å². The molecule has 2 unspecified atom stereocenters. The molecule has 1 amide bonds. The molecule has 1 fully saturated rings. The SMILES string of the molecule is COc1cccc(C2C(CO)CC(=O)N2Cc2ccccc2)c1. The largest absolute Gasteiger partial charge is 0.497 e. The third-order valence-corrected chi connectivity index (χ3v) is 4.41. The van der Waals surface area contributed by atoms with Gasteiger partial charge in [0, 0.05) is 25.5 Å². The Bertz CT molecular complexity index is 671. The van der Waals surface area contributed by atoms with Gasteiger partial charge in [0.15, 0.2) is 0 Å². The topological polar surface area (TPSA) is 49.8 Å². The monoisotopic (exact) mass is 311 g/mol. The summed E-state index contributed by atoms with van der Waals surface area (Å²) in [6, 6.07) is 17.6. The van der Waals surface area contributed by atoms with E-state index >= 15 is 0 Å². The minimum atomic E-state index is -0.122. The van der Waals surface area contributed by atoms with E-state index < -0.39 is 0 Å². The number of aliphatic hydroxyl groups excluding tert-OH is 1. The Balaban J connectivity index is 1.93. The fraction of sp³-hybridized carbons (Fsp3) is 0.316. The average Bonchev–Trinajstić information content (AvgIpc) is 2.91. The highest BCUT2D eigenvalue weighted by Gasteiger charge is 2.40. The normalized spacial score (nSPS) is 20.8. The Morgan fingerprint density at radius 3 is 2.65 bits per heavy atom. The Hall–Kier alpha value is -2.33. The van der Waals surface area contributed by atoms with Gasteiger partial charge in [-0.3, -0.25) is 4.79 Å². The summed E-state index contributed by atoms with van der Waals surface area (Å²) < 4.78 is 5.30. The van der Waals surface area contributed by atoms with Gasteiger partial charge in [-0.1, -0.05) is 42.5 Å². The van der Waals surface area contributed by atoms with Crippen molar-refractivity contribution in [3.63, 3.8) is 0 Å². The van der Waals surface area contributed by atoms with Crippen molar-refractivity contribution in [3.8, 4) is 5.75 Å². The molecule has 0 radical (unpaired) electrons. The van der Waals surface area contributed by atoms with Crippen LogP contribution >= 0.6 is 0 Å². The molecule has 0 saturated carbocycles. The summed E-state index contributed by atoms with van der Waals surface area (Å²) in [4.78, 5) is 14.3. The summed E-state index contributed by atoms with van der Waals surface area (Å²) in [6.45, 7) is 0.553. The van der Waals surface area contributed by atoms with Crippen molar-refractivity contribution >= 4 is 5.91 Å². The van der Waals surface area contributed by atoms with Gasteiger partial charge in [0.25, 0.3) is 0 Å². The van der Waals surface area contributed by atoms with Crippen LogP contribution in [0.3, 0.4) is 0 Å². The van der Waals surface area contributed by atoms with E-state index in [9.17, 15) is 9.90 Å². The number of nitrogens with zero attached hydrogens (tertiary/aromatic N) is 1. The van der Waals surface area contributed by atoms with Crippen LogP contribution in [0.2, 0.25) is 0 Å². The summed E-state index contributed by atoms with van der Waals surface area (Å²) in [5.41, 5.74) is 2.09. The molecule has 0 aromatic heterocycles. The zero-order valence-electron chi connectivity index (χ0n) is 13.2. The Morgan fingerprint density at radius 2 is 1.96 bits per heavy atom. The Kier molecular flexibility index (Phi) is 4.63. The van der Waals surface area contributed by atoms with E-state index in [0.717, 1.165) is 16.9 Å². The van der Waals surface area contributed by atoms with Crippen LogP contribution in [-0.4, -0.2) is 29.6 Å². The molecule has 1 aliphatic heterocycles. The summed E-state index contributed by atoms with van der Waals surface area (Å²) in [6.07, 6.45) is 0.380. The van der Waals surface area contributed by atoms with E-state index in [4.69, 9.17) is 4.74 Å². The van der Waals surface area contributed by atoms with Crippen molar-refractivity contribution in [3.05, 3.63) is 65.7 Å². The Labute approximate surface area is 136 Å². The predicted molar refractivity (Wildman–Crippen MR) is 87.9 cm³/mol. The third kappa shape index (κ3) is 3.22. The molecular weight excluding hydrogens is 290 g/mol. The van der Waals surface area contributed by atoms with Crippen molar-refractivity contribution < 1.29 is 14.6 Å². The van der Waals surface area contributed by atoms with E-state index in [0.29, 0.717) is 13.0 Å². The molecule has 2 atom stereocenters. The highest BCUT2D eigenvalue weighted by atomic mass is 16.5. The molecule has 23 heavy (non-hydrogen) atoms. The van der Waals surface area contributed by atoms with Gasteiger partial charge in [0.05, 0.1) is 13.2 Å². The van der Waals surface area contributed by atoms with E-state index in [-0.39, 0.29) is 24.5 Å². The first-order chi connectivity index (χ1) is 11.2. The smallest absolute Gasteiger partial charge is 0.223 e. The van der Waals surface area contributed by atoms with Gasteiger partial charge in [-0.25, -0.2) is 0 Å². The number of likely N-dealkylation sites (tertiary alicyclic amines) is 1. The number of carbonyl (C=O) groups is 1. The maximum atomic E-state index is 12.5. The van der Waals surface area contributed by atoms with E-state index in [1.165, 1.54) is 0 Å². The number of hydrogen-bond acceptors (Lipinski definition) is 3. The predicted octanol–water partition coefficient (Wildman–Crippen LogP) is 2.78. The number of aliphatic hydroxyl groups is 1. The zero-order valence-corrected chi connectivity index (χ0v) is 13.2. The molecule has 2 aromatic carbocycles. The maximum Gasteiger partial charge on any atom is 0.223 e. The summed E-state index contributed by atoms with van der Waals surface area (Å²) >= 11 is 0. The lowest BCUT2D eigenvalue weighted by Gasteiger charge is -2.28. The molecular formula is C19H21NO3. The minimum absolute atomic E-state index is 0.00109. The summed E-state index contributed by atoms with van der Waals surface area (Å²) in [5.74, 6) is 0.761. The van der Waals surface area contributed by atoms with Crippen LogP contribution in [0.1, 0.15) is 23.6 Å². The van der Waals surface area contributed by atoms with Gasteiger partial charge in [-0.05, 0) is 23.3 Å². The summed E-state index contributed by atoms with van der Waals surface area (Å²) in [7, 11) is 1.63. The molecule has 1 saturated heterocycles. The number of hydrogen-bond donors (Lipinski definition) is 1. The second-order valence-corrected chi connectivity index (χ2v) is 5.88. The third-order valence-electron chi connectivity index (χ3n) is 4.41. The number of amides is 1. The quantitative estimate of drug-likeness (QED) is 0.924. The highest BCUT2D eigenvalue weighted by molar-refractivity contribution is 5.79. The van der Waals surface area contributed by atoms with E-state index in [2.05, 4.69) is 0 Å².